The molecule has 0 radical (unpaired) electrons. The molecule has 0 aliphatic heterocycles. The van der Waals surface area contributed by atoms with Crippen LogP contribution in [0.25, 0.3) is 0 Å². The van der Waals surface area contributed by atoms with E-state index in [9.17, 15) is 8.78 Å². The monoisotopic (exact) mass is 196 g/mol. The van der Waals surface area contributed by atoms with E-state index in [0.717, 1.165) is 12.8 Å². The minimum Gasteiger partial charge on any atom is -0.244 e. The largest absolute Gasteiger partial charge is 0.244 e. The Hall–Kier alpha value is -0.920. The molecule has 0 aromatic heterocycles. The van der Waals surface area contributed by atoms with Crippen molar-refractivity contribution in [3.8, 4) is 0 Å². The van der Waals surface area contributed by atoms with Crippen molar-refractivity contribution in [1.82, 2.24) is 0 Å². The van der Waals surface area contributed by atoms with Crippen LogP contribution in [0, 0.1) is 5.82 Å². The van der Waals surface area contributed by atoms with Gasteiger partial charge in [0.1, 0.15) is 11.5 Å². The summed E-state index contributed by atoms with van der Waals surface area (Å²) in [6.45, 7) is 0. The predicted octanol–water partition coefficient (Wildman–Crippen LogP) is 3.65. The molecule has 2 rings (SSSR count). The molecule has 0 N–H and O–H groups in total. The van der Waals surface area contributed by atoms with E-state index in [0.29, 0.717) is 18.4 Å². The van der Waals surface area contributed by atoms with Gasteiger partial charge in [-0.25, -0.2) is 8.78 Å². The molecule has 2 heteroatoms. The molecule has 0 heterocycles. The fourth-order valence-corrected chi connectivity index (χ4v) is 2.17. The Morgan fingerprint density at radius 2 is 1.79 bits per heavy atom. The van der Waals surface area contributed by atoms with E-state index in [1.807, 2.05) is 0 Å². The normalized spacial score (nSPS) is 19.9. The van der Waals surface area contributed by atoms with E-state index in [2.05, 4.69) is 0 Å². The van der Waals surface area contributed by atoms with Crippen LogP contribution in [-0.4, -0.2) is 5.67 Å². The van der Waals surface area contributed by atoms with Gasteiger partial charge in [-0.15, -0.1) is 0 Å². The predicted molar refractivity (Wildman–Crippen MR) is 52.4 cm³/mol. The molecule has 0 bridgehead atoms. The number of alkyl halides is 1. The summed E-state index contributed by atoms with van der Waals surface area (Å²) in [7, 11) is 0. The molecule has 1 aromatic rings. The number of hydrogen-bond acceptors (Lipinski definition) is 0. The Balaban J connectivity index is 2.14. The van der Waals surface area contributed by atoms with Crippen molar-refractivity contribution in [2.24, 2.45) is 0 Å². The lowest BCUT2D eigenvalue weighted by molar-refractivity contribution is 0.171. The topological polar surface area (TPSA) is 0 Å². The van der Waals surface area contributed by atoms with E-state index < -0.39 is 5.67 Å². The number of benzene rings is 1. The van der Waals surface area contributed by atoms with Crippen LogP contribution in [-0.2, 0) is 6.42 Å². The zero-order valence-corrected chi connectivity index (χ0v) is 8.10. The van der Waals surface area contributed by atoms with Crippen LogP contribution in [0.15, 0.2) is 24.3 Å². The first-order valence-corrected chi connectivity index (χ1v) is 5.12. The van der Waals surface area contributed by atoms with Crippen molar-refractivity contribution in [1.29, 1.82) is 0 Å². The summed E-state index contributed by atoms with van der Waals surface area (Å²) < 4.78 is 27.3. The van der Waals surface area contributed by atoms with Crippen molar-refractivity contribution in [3.05, 3.63) is 35.6 Å². The van der Waals surface area contributed by atoms with E-state index in [1.165, 1.54) is 6.07 Å². The molecule has 0 unspecified atom stereocenters. The molecule has 1 fully saturated rings. The third-order valence-electron chi connectivity index (χ3n) is 2.96. The van der Waals surface area contributed by atoms with Crippen molar-refractivity contribution in [2.75, 3.05) is 0 Å². The Kier molecular flexibility index (Phi) is 2.53. The van der Waals surface area contributed by atoms with Crippen LogP contribution in [0.5, 0.6) is 0 Å². The van der Waals surface area contributed by atoms with Gasteiger partial charge in [0.2, 0.25) is 0 Å². The van der Waals surface area contributed by atoms with Crippen molar-refractivity contribution in [2.45, 2.75) is 37.8 Å². The minimum absolute atomic E-state index is 0.236. The second-order valence-corrected chi connectivity index (χ2v) is 4.13. The highest BCUT2D eigenvalue weighted by molar-refractivity contribution is 5.19. The number of halogens is 2. The molecule has 1 aliphatic carbocycles. The third-order valence-corrected chi connectivity index (χ3v) is 2.96. The van der Waals surface area contributed by atoms with Crippen molar-refractivity contribution < 1.29 is 8.78 Å². The summed E-state index contributed by atoms with van der Waals surface area (Å²) in [4.78, 5) is 0. The molecule has 1 aliphatic rings. The highest BCUT2D eigenvalue weighted by atomic mass is 19.1. The van der Waals surface area contributed by atoms with E-state index in [4.69, 9.17) is 0 Å². The maximum absolute atomic E-state index is 14.0. The molecule has 0 saturated heterocycles. The molecular formula is C12H14F2. The summed E-state index contributed by atoms with van der Waals surface area (Å²) in [5.41, 5.74) is -0.640. The molecule has 1 aromatic carbocycles. The van der Waals surface area contributed by atoms with Gasteiger partial charge in [-0.3, -0.25) is 0 Å². The molecule has 76 valence electrons. The summed E-state index contributed by atoms with van der Waals surface area (Å²) in [6.07, 6.45) is 3.28. The van der Waals surface area contributed by atoms with Crippen LogP contribution in [0.4, 0.5) is 8.78 Å². The second kappa shape index (κ2) is 3.68. The molecule has 1 saturated carbocycles. The van der Waals surface area contributed by atoms with Crippen LogP contribution in [0.3, 0.4) is 0 Å². The van der Waals surface area contributed by atoms with E-state index >= 15 is 0 Å². The summed E-state index contributed by atoms with van der Waals surface area (Å²) in [5, 5.41) is 0. The Morgan fingerprint density at radius 1 is 1.14 bits per heavy atom. The van der Waals surface area contributed by atoms with Gasteiger partial charge < -0.3 is 0 Å². The Bertz CT molecular complexity index is 314. The number of hydrogen-bond donors (Lipinski definition) is 0. The highest BCUT2D eigenvalue weighted by Gasteiger charge is 2.34. The maximum Gasteiger partial charge on any atom is 0.126 e. The first-order chi connectivity index (χ1) is 6.70. The average molecular weight is 196 g/mol. The van der Waals surface area contributed by atoms with Crippen LogP contribution in [0.1, 0.15) is 31.2 Å². The minimum atomic E-state index is -1.15. The molecular weight excluding hydrogens is 182 g/mol. The second-order valence-electron chi connectivity index (χ2n) is 4.13. The molecule has 14 heavy (non-hydrogen) atoms. The lowest BCUT2D eigenvalue weighted by Crippen LogP contribution is -2.21. The van der Waals surface area contributed by atoms with Crippen LogP contribution in [0.2, 0.25) is 0 Å². The highest BCUT2D eigenvalue weighted by Crippen LogP contribution is 2.36. The number of rotatable bonds is 2. The summed E-state index contributed by atoms with van der Waals surface area (Å²) in [6, 6.07) is 6.47. The molecule has 0 spiro atoms. The van der Waals surface area contributed by atoms with Gasteiger partial charge in [-0.05, 0) is 24.5 Å². The molecule has 0 nitrogen and oxygen atoms in total. The Morgan fingerprint density at radius 3 is 2.43 bits per heavy atom. The third kappa shape index (κ3) is 1.94. The lowest BCUT2D eigenvalue weighted by atomic mass is 9.94. The van der Waals surface area contributed by atoms with Gasteiger partial charge in [0.05, 0.1) is 0 Å². The summed E-state index contributed by atoms with van der Waals surface area (Å²) >= 11 is 0. The van der Waals surface area contributed by atoms with Gasteiger partial charge in [-0.2, -0.15) is 0 Å². The van der Waals surface area contributed by atoms with Gasteiger partial charge >= 0.3 is 0 Å². The van der Waals surface area contributed by atoms with Gasteiger partial charge in [-0.1, -0.05) is 31.0 Å². The van der Waals surface area contributed by atoms with Crippen LogP contribution >= 0.6 is 0 Å². The smallest absolute Gasteiger partial charge is 0.126 e. The quantitative estimate of drug-likeness (QED) is 0.677. The van der Waals surface area contributed by atoms with Gasteiger partial charge in [0.25, 0.3) is 0 Å². The maximum atomic E-state index is 14.0. The van der Waals surface area contributed by atoms with Crippen LogP contribution < -0.4 is 0 Å². The average Bonchev–Trinajstić information content (AvgIpc) is 2.57. The van der Waals surface area contributed by atoms with Crippen molar-refractivity contribution in [3.63, 3.8) is 0 Å². The zero-order chi connectivity index (χ0) is 10.0. The lowest BCUT2D eigenvalue weighted by Gasteiger charge is -2.18. The zero-order valence-electron chi connectivity index (χ0n) is 8.10. The molecule has 0 atom stereocenters. The molecule has 0 amide bonds. The van der Waals surface area contributed by atoms with Gasteiger partial charge in [0.15, 0.2) is 0 Å². The fourth-order valence-electron chi connectivity index (χ4n) is 2.17. The van der Waals surface area contributed by atoms with Gasteiger partial charge in [0, 0.05) is 6.42 Å². The fraction of sp³-hybridized carbons (Fsp3) is 0.500. The first-order valence-electron chi connectivity index (χ1n) is 5.12. The van der Waals surface area contributed by atoms with E-state index in [1.54, 1.807) is 18.2 Å². The van der Waals surface area contributed by atoms with Crippen molar-refractivity contribution >= 4 is 0 Å². The Labute approximate surface area is 82.9 Å². The standard InChI is InChI=1S/C12H14F2/c13-11-6-2-1-5-10(11)9-12(14)7-3-4-8-12/h1-2,5-6H,3-4,7-9H2. The SMILES string of the molecule is Fc1ccccc1CC1(F)CCCC1. The van der Waals surface area contributed by atoms with E-state index in [-0.39, 0.29) is 12.2 Å². The first kappa shape index (κ1) is 9.63. The summed E-state index contributed by atoms with van der Waals surface area (Å²) in [5.74, 6) is -0.281.